The highest BCUT2D eigenvalue weighted by Crippen LogP contribution is 2.29. The van der Waals surface area contributed by atoms with Gasteiger partial charge in [-0.25, -0.2) is 5.14 Å². The van der Waals surface area contributed by atoms with Gasteiger partial charge in [0.15, 0.2) is 0 Å². The molecule has 1 aromatic carbocycles. The number of hydrogen-bond donors (Lipinski definition) is 2. The van der Waals surface area contributed by atoms with Crippen LogP contribution in [0.3, 0.4) is 0 Å². The van der Waals surface area contributed by atoms with E-state index in [0.717, 1.165) is 18.4 Å². The molecule has 0 bridgehead atoms. The van der Waals surface area contributed by atoms with Crippen molar-refractivity contribution in [1.82, 2.24) is 4.31 Å². The second-order valence-corrected chi connectivity index (χ2v) is 5.86. The van der Waals surface area contributed by atoms with E-state index in [1.54, 1.807) is 12.1 Å². The molecule has 0 saturated carbocycles. The summed E-state index contributed by atoms with van der Waals surface area (Å²) in [6.07, 6.45) is 1.53. The van der Waals surface area contributed by atoms with Crippen LogP contribution in [0, 0.1) is 0 Å². The van der Waals surface area contributed by atoms with Crippen LogP contribution in [-0.4, -0.2) is 30.9 Å². The molecular weight excluding hydrogens is 240 g/mol. The largest absolute Gasteiger partial charge is 0.508 e. The monoisotopic (exact) mass is 256 g/mol. The number of hydrogen-bond acceptors (Lipinski definition) is 3. The minimum Gasteiger partial charge on any atom is -0.508 e. The topological polar surface area (TPSA) is 83.6 Å². The normalized spacial score (nSPS) is 19.4. The lowest BCUT2D eigenvalue weighted by Gasteiger charge is -2.30. The van der Waals surface area contributed by atoms with Crippen LogP contribution in [0.4, 0.5) is 0 Å². The van der Waals surface area contributed by atoms with Crippen LogP contribution in [-0.2, 0) is 10.2 Å². The highest BCUT2D eigenvalue weighted by molar-refractivity contribution is 7.86. The molecular formula is C11H16N2O3S. The first-order chi connectivity index (χ1) is 7.97. The van der Waals surface area contributed by atoms with Gasteiger partial charge in [0, 0.05) is 13.1 Å². The lowest BCUT2D eigenvalue weighted by atomic mass is 9.90. The number of aromatic hydroxyl groups is 1. The van der Waals surface area contributed by atoms with Crippen molar-refractivity contribution in [1.29, 1.82) is 0 Å². The Hall–Kier alpha value is -1.11. The summed E-state index contributed by atoms with van der Waals surface area (Å²) in [5, 5.41) is 14.3. The fourth-order valence-corrected chi connectivity index (χ4v) is 2.91. The van der Waals surface area contributed by atoms with E-state index in [1.807, 2.05) is 12.1 Å². The van der Waals surface area contributed by atoms with Gasteiger partial charge in [-0.15, -0.1) is 0 Å². The molecule has 1 aliphatic rings. The third-order valence-corrected chi connectivity index (χ3v) is 4.26. The van der Waals surface area contributed by atoms with E-state index in [9.17, 15) is 13.5 Å². The maximum Gasteiger partial charge on any atom is 0.276 e. The summed E-state index contributed by atoms with van der Waals surface area (Å²) in [4.78, 5) is 0. The molecule has 3 N–H and O–H groups in total. The Morgan fingerprint density at radius 2 is 1.71 bits per heavy atom. The number of phenols is 1. The van der Waals surface area contributed by atoms with Crippen molar-refractivity contribution in [3.8, 4) is 5.75 Å². The quantitative estimate of drug-likeness (QED) is 0.820. The number of nitrogens with zero attached hydrogens (tertiary/aromatic N) is 1. The molecule has 0 radical (unpaired) electrons. The van der Waals surface area contributed by atoms with Gasteiger partial charge in [0.25, 0.3) is 10.2 Å². The highest BCUT2D eigenvalue weighted by atomic mass is 32.2. The van der Waals surface area contributed by atoms with Crippen LogP contribution in [0.5, 0.6) is 5.75 Å². The van der Waals surface area contributed by atoms with Crippen molar-refractivity contribution in [2.24, 2.45) is 5.14 Å². The van der Waals surface area contributed by atoms with Gasteiger partial charge in [0.2, 0.25) is 0 Å². The zero-order valence-corrected chi connectivity index (χ0v) is 10.2. The minimum absolute atomic E-state index is 0.246. The summed E-state index contributed by atoms with van der Waals surface area (Å²) < 4.78 is 23.6. The van der Waals surface area contributed by atoms with Crippen LogP contribution in [0.15, 0.2) is 24.3 Å². The Balaban J connectivity index is 2.02. The molecule has 0 aliphatic carbocycles. The molecule has 6 heteroatoms. The van der Waals surface area contributed by atoms with Gasteiger partial charge in [-0.1, -0.05) is 12.1 Å². The predicted octanol–water partition coefficient (Wildman–Crippen LogP) is 0.775. The maximum atomic E-state index is 11.1. The molecule has 1 aliphatic heterocycles. The Bertz CT molecular complexity index is 476. The number of phenolic OH excluding ortho intramolecular Hbond substituents is 1. The second-order valence-electron chi connectivity index (χ2n) is 4.31. The average molecular weight is 256 g/mol. The number of piperidine rings is 1. The first kappa shape index (κ1) is 12.3. The van der Waals surface area contributed by atoms with Gasteiger partial charge in [-0.05, 0) is 36.5 Å². The minimum atomic E-state index is -3.54. The van der Waals surface area contributed by atoms with E-state index in [1.165, 1.54) is 4.31 Å². The van der Waals surface area contributed by atoms with Crippen LogP contribution in [0.1, 0.15) is 24.3 Å². The lowest BCUT2D eigenvalue weighted by Crippen LogP contribution is -2.41. The van der Waals surface area contributed by atoms with E-state index < -0.39 is 10.2 Å². The summed E-state index contributed by atoms with van der Waals surface area (Å²) in [7, 11) is -3.54. The molecule has 0 aromatic heterocycles. The van der Waals surface area contributed by atoms with Crippen LogP contribution in [0.25, 0.3) is 0 Å². The zero-order valence-electron chi connectivity index (χ0n) is 9.41. The van der Waals surface area contributed by atoms with E-state index in [2.05, 4.69) is 0 Å². The standard InChI is InChI=1S/C11H16N2O3S/c12-17(15,16)13-7-5-10(6-8-13)9-1-3-11(14)4-2-9/h1-4,10,14H,5-8H2,(H2,12,15,16). The Labute approximate surface area is 101 Å². The molecule has 1 fully saturated rings. The molecule has 17 heavy (non-hydrogen) atoms. The van der Waals surface area contributed by atoms with Crippen LogP contribution in [0.2, 0.25) is 0 Å². The molecule has 0 spiro atoms. The van der Waals surface area contributed by atoms with Gasteiger partial charge < -0.3 is 5.11 Å². The van der Waals surface area contributed by atoms with E-state index in [4.69, 9.17) is 5.14 Å². The number of rotatable bonds is 2. The van der Waals surface area contributed by atoms with Crippen LogP contribution >= 0.6 is 0 Å². The average Bonchev–Trinajstić information content (AvgIpc) is 2.29. The Kier molecular flexibility index (Phi) is 3.37. The fraction of sp³-hybridized carbons (Fsp3) is 0.455. The summed E-state index contributed by atoms with van der Waals surface area (Å²) >= 11 is 0. The number of nitrogens with two attached hydrogens (primary N) is 1. The second kappa shape index (κ2) is 4.64. The third kappa shape index (κ3) is 2.96. The molecule has 0 unspecified atom stereocenters. The van der Waals surface area contributed by atoms with Crippen molar-refractivity contribution in [2.75, 3.05) is 13.1 Å². The number of benzene rings is 1. The Morgan fingerprint density at radius 1 is 1.18 bits per heavy atom. The molecule has 0 amide bonds. The Morgan fingerprint density at radius 3 is 2.18 bits per heavy atom. The summed E-state index contributed by atoms with van der Waals surface area (Å²) in [5.41, 5.74) is 1.14. The predicted molar refractivity (Wildman–Crippen MR) is 64.8 cm³/mol. The van der Waals surface area contributed by atoms with Gasteiger partial charge in [-0.3, -0.25) is 0 Å². The molecule has 5 nitrogen and oxygen atoms in total. The third-order valence-electron chi connectivity index (χ3n) is 3.18. The smallest absolute Gasteiger partial charge is 0.276 e. The molecule has 1 saturated heterocycles. The maximum absolute atomic E-state index is 11.1. The first-order valence-corrected chi connectivity index (χ1v) is 7.04. The highest BCUT2D eigenvalue weighted by Gasteiger charge is 2.25. The van der Waals surface area contributed by atoms with Gasteiger partial charge in [0.05, 0.1) is 0 Å². The van der Waals surface area contributed by atoms with Crippen LogP contribution < -0.4 is 5.14 Å². The SMILES string of the molecule is NS(=O)(=O)N1CCC(c2ccc(O)cc2)CC1. The molecule has 1 heterocycles. The van der Waals surface area contributed by atoms with Gasteiger partial charge in [0.1, 0.15) is 5.75 Å². The molecule has 94 valence electrons. The lowest BCUT2D eigenvalue weighted by molar-refractivity contribution is 0.320. The van der Waals surface area contributed by atoms with Gasteiger partial charge >= 0.3 is 0 Å². The zero-order chi connectivity index (χ0) is 12.5. The van der Waals surface area contributed by atoms with Gasteiger partial charge in [-0.2, -0.15) is 12.7 Å². The van der Waals surface area contributed by atoms with Crippen molar-refractivity contribution in [2.45, 2.75) is 18.8 Å². The summed E-state index contributed by atoms with van der Waals surface area (Å²) in [6, 6.07) is 7.07. The molecule has 1 aromatic rings. The summed E-state index contributed by atoms with van der Waals surface area (Å²) in [6.45, 7) is 0.925. The van der Waals surface area contributed by atoms with E-state index in [-0.39, 0.29) is 5.75 Å². The van der Waals surface area contributed by atoms with E-state index >= 15 is 0 Å². The van der Waals surface area contributed by atoms with Crippen molar-refractivity contribution in [3.05, 3.63) is 29.8 Å². The molecule has 2 rings (SSSR count). The van der Waals surface area contributed by atoms with Crippen molar-refractivity contribution < 1.29 is 13.5 Å². The van der Waals surface area contributed by atoms with Crippen molar-refractivity contribution in [3.63, 3.8) is 0 Å². The van der Waals surface area contributed by atoms with E-state index in [0.29, 0.717) is 19.0 Å². The molecule has 0 atom stereocenters. The fourth-order valence-electron chi connectivity index (χ4n) is 2.19. The summed E-state index contributed by atoms with van der Waals surface area (Å²) in [5.74, 6) is 0.587. The first-order valence-electron chi connectivity index (χ1n) is 5.53. The van der Waals surface area contributed by atoms with Crippen molar-refractivity contribution >= 4 is 10.2 Å².